The molecule has 1 heterocycles. The van der Waals surface area contributed by atoms with E-state index in [0.29, 0.717) is 45.3 Å². The van der Waals surface area contributed by atoms with Crippen molar-refractivity contribution in [2.75, 3.05) is 69.1 Å². The highest BCUT2D eigenvalue weighted by Gasteiger charge is 2.18. The minimum absolute atomic E-state index is 0.0529. The zero-order valence-corrected chi connectivity index (χ0v) is 47.1. The molecule has 1 fully saturated rings. The summed E-state index contributed by atoms with van der Waals surface area (Å²) in [6.07, 6.45) is 51.1. The van der Waals surface area contributed by atoms with Gasteiger partial charge in [0.1, 0.15) is 6.10 Å². The minimum Gasteiger partial charge on any atom is -0.465 e. The summed E-state index contributed by atoms with van der Waals surface area (Å²) in [6, 6.07) is 0. The Labute approximate surface area is 447 Å². The molecule has 0 atom stereocenters. The van der Waals surface area contributed by atoms with E-state index in [4.69, 9.17) is 23.7 Å². The summed E-state index contributed by atoms with van der Waals surface area (Å²) in [7, 11) is 0. The monoisotopic (exact) mass is 1050 g/mol. The lowest BCUT2D eigenvalue weighted by molar-refractivity contribution is -0.151. The van der Waals surface area contributed by atoms with Crippen molar-refractivity contribution in [1.29, 1.82) is 0 Å². The molecular weight excluding hydrogens is 947 g/mol. The fourth-order valence-electron chi connectivity index (χ4n) is 8.11. The molecule has 0 aliphatic carbocycles. The van der Waals surface area contributed by atoms with Gasteiger partial charge in [0.2, 0.25) is 0 Å². The topological polar surface area (TPSA) is 135 Å². The third kappa shape index (κ3) is 47.9. The largest absolute Gasteiger partial charge is 0.465 e. The van der Waals surface area contributed by atoms with Gasteiger partial charge in [-0.2, -0.15) is 0 Å². The lowest BCUT2D eigenvalue weighted by Gasteiger charge is -2.19. The van der Waals surface area contributed by atoms with Crippen LogP contribution in [0.25, 0.3) is 0 Å². The molecule has 0 saturated carbocycles. The molecular formula is C59H101NO10S2. The fraction of sp³-hybridized carbons (Fsp3) is 0.780. The molecule has 0 spiro atoms. The standard InChI is InChI=1S/C59H101NO10S2/c1-3-5-7-9-11-13-15-17-19-21-23-25-27-29-31-35-46-66-56(62)50-71-52-58(64)68-48-38-40-54(70-55(61)42-37-45-60-43-33-34-44-60)41-39-49-69-59(65)53-72-51-57(63)67-47-36-32-30-28-26-24-22-20-18-16-14-12-10-8-6-4-2/h11-14,17-20,54H,3-10,15-16,21-53H2,1-2H3. The smallest absolute Gasteiger partial charge is 0.315 e. The van der Waals surface area contributed by atoms with E-state index in [1.54, 1.807) is 0 Å². The van der Waals surface area contributed by atoms with E-state index < -0.39 is 18.0 Å². The lowest BCUT2D eigenvalue weighted by atomic mass is 10.1. The van der Waals surface area contributed by atoms with Crippen molar-refractivity contribution >= 4 is 53.4 Å². The second kappa shape index (κ2) is 52.8. The Morgan fingerprint density at radius 1 is 0.417 bits per heavy atom. The summed E-state index contributed by atoms with van der Waals surface area (Å²) in [4.78, 5) is 64.3. The molecule has 1 rings (SSSR count). The second-order valence-electron chi connectivity index (χ2n) is 19.1. The van der Waals surface area contributed by atoms with E-state index in [-0.39, 0.29) is 54.1 Å². The summed E-state index contributed by atoms with van der Waals surface area (Å²) in [5, 5.41) is 0. The summed E-state index contributed by atoms with van der Waals surface area (Å²) in [5.74, 6) is -1.40. The third-order valence-electron chi connectivity index (χ3n) is 12.3. The summed E-state index contributed by atoms with van der Waals surface area (Å²) in [6.45, 7) is 8.65. The highest BCUT2D eigenvalue weighted by atomic mass is 32.2. The van der Waals surface area contributed by atoms with E-state index >= 15 is 0 Å². The van der Waals surface area contributed by atoms with E-state index in [1.807, 2.05) is 0 Å². The predicted octanol–water partition coefficient (Wildman–Crippen LogP) is 14.6. The number of hydrogen-bond donors (Lipinski definition) is 0. The maximum atomic E-state index is 12.8. The van der Waals surface area contributed by atoms with Crippen molar-refractivity contribution in [3.05, 3.63) is 48.6 Å². The van der Waals surface area contributed by atoms with Crippen LogP contribution in [0.2, 0.25) is 0 Å². The van der Waals surface area contributed by atoms with E-state index in [9.17, 15) is 24.0 Å². The maximum absolute atomic E-state index is 12.8. The van der Waals surface area contributed by atoms with Crippen LogP contribution in [0, 0.1) is 0 Å². The third-order valence-corrected chi connectivity index (χ3v) is 14.1. The van der Waals surface area contributed by atoms with Crippen LogP contribution in [0.15, 0.2) is 48.6 Å². The normalized spacial score (nSPS) is 13.5. The zero-order valence-electron chi connectivity index (χ0n) is 45.4. The first-order valence-electron chi connectivity index (χ1n) is 28.6. The van der Waals surface area contributed by atoms with Gasteiger partial charge in [0.05, 0.1) is 49.4 Å². The van der Waals surface area contributed by atoms with Crippen LogP contribution in [0.4, 0.5) is 0 Å². The van der Waals surface area contributed by atoms with Gasteiger partial charge < -0.3 is 28.6 Å². The molecule has 0 aromatic rings. The molecule has 13 heteroatoms. The molecule has 0 bridgehead atoms. The second-order valence-corrected chi connectivity index (χ2v) is 21.1. The molecule has 0 aromatic carbocycles. The summed E-state index contributed by atoms with van der Waals surface area (Å²) in [5.41, 5.74) is 0. The Balaban J connectivity index is 2.15. The lowest BCUT2D eigenvalue weighted by Crippen LogP contribution is -2.23. The summed E-state index contributed by atoms with van der Waals surface area (Å²) < 4.78 is 27.4. The predicted molar refractivity (Wildman–Crippen MR) is 300 cm³/mol. The molecule has 0 radical (unpaired) electrons. The first-order valence-corrected chi connectivity index (χ1v) is 30.9. The van der Waals surface area contributed by atoms with Crippen molar-refractivity contribution in [2.24, 2.45) is 0 Å². The van der Waals surface area contributed by atoms with E-state index in [1.165, 1.54) is 126 Å². The van der Waals surface area contributed by atoms with Crippen molar-refractivity contribution in [3.63, 3.8) is 0 Å². The van der Waals surface area contributed by atoms with Crippen molar-refractivity contribution in [2.45, 2.75) is 225 Å². The number of hydrogen-bond acceptors (Lipinski definition) is 13. The molecule has 72 heavy (non-hydrogen) atoms. The number of esters is 5. The van der Waals surface area contributed by atoms with Crippen LogP contribution in [-0.2, 0) is 47.7 Å². The summed E-state index contributed by atoms with van der Waals surface area (Å²) >= 11 is 2.36. The van der Waals surface area contributed by atoms with Gasteiger partial charge in [-0.1, -0.05) is 140 Å². The van der Waals surface area contributed by atoms with E-state index in [0.717, 1.165) is 90.3 Å². The number of ether oxygens (including phenoxy) is 5. The van der Waals surface area contributed by atoms with Gasteiger partial charge >= 0.3 is 29.8 Å². The number of carbonyl (C=O) groups excluding carboxylic acids is 5. The van der Waals surface area contributed by atoms with Gasteiger partial charge in [-0.25, -0.2) is 0 Å². The fourth-order valence-corrected chi connectivity index (χ4v) is 9.31. The van der Waals surface area contributed by atoms with Gasteiger partial charge in [0, 0.05) is 6.42 Å². The molecule has 11 nitrogen and oxygen atoms in total. The highest BCUT2D eigenvalue weighted by Crippen LogP contribution is 2.16. The molecule has 0 aromatic heterocycles. The van der Waals surface area contributed by atoms with Gasteiger partial charge in [0.15, 0.2) is 0 Å². The van der Waals surface area contributed by atoms with Crippen LogP contribution in [0.3, 0.4) is 0 Å². The van der Waals surface area contributed by atoms with Crippen molar-refractivity contribution in [3.8, 4) is 0 Å². The molecule has 414 valence electrons. The molecule has 0 N–H and O–H groups in total. The first kappa shape index (κ1) is 67.0. The Hall–Kier alpha value is -3.03. The van der Waals surface area contributed by atoms with Gasteiger partial charge in [-0.05, 0) is 142 Å². The number of allylic oxidation sites excluding steroid dienone is 8. The maximum Gasteiger partial charge on any atom is 0.315 e. The average Bonchev–Trinajstić information content (AvgIpc) is 3.89. The highest BCUT2D eigenvalue weighted by molar-refractivity contribution is 8.00. The first-order chi connectivity index (χ1) is 35.3. The molecule has 0 unspecified atom stereocenters. The van der Waals surface area contributed by atoms with Crippen LogP contribution in [-0.4, -0.2) is 110 Å². The van der Waals surface area contributed by atoms with Gasteiger partial charge in [-0.3, -0.25) is 24.0 Å². The van der Waals surface area contributed by atoms with Crippen molar-refractivity contribution < 1.29 is 47.7 Å². The number of nitrogens with zero attached hydrogens (tertiary/aromatic N) is 1. The Morgan fingerprint density at radius 2 is 0.764 bits per heavy atom. The molecule has 1 saturated heterocycles. The van der Waals surface area contributed by atoms with Crippen LogP contribution >= 0.6 is 23.5 Å². The van der Waals surface area contributed by atoms with Crippen LogP contribution in [0.1, 0.15) is 219 Å². The number of thioether (sulfide) groups is 2. The molecule has 1 aliphatic heterocycles. The quantitative estimate of drug-likeness (QED) is 0.0248. The average molecular weight is 1050 g/mol. The van der Waals surface area contributed by atoms with Crippen LogP contribution < -0.4 is 0 Å². The van der Waals surface area contributed by atoms with E-state index in [2.05, 4.69) is 67.4 Å². The SMILES string of the molecule is CCCCCC=CCC=CCCCCCCCCOC(=O)CSCC(=O)OCCCC(CCCOC(=O)CSCC(=O)OCCCCCCCCC=CCC=CCCCCC)OC(=O)CCCN1CCCC1. The minimum atomic E-state index is -0.404. The number of likely N-dealkylation sites (tertiary alicyclic amines) is 1. The van der Waals surface area contributed by atoms with Crippen LogP contribution in [0.5, 0.6) is 0 Å². The molecule has 1 aliphatic rings. The van der Waals surface area contributed by atoms with Crippen molar-refractivity contribution in [1.82, 2.24) is 4.90 Å². The zero-order chi connectivity index (χ0) is 52.1. The number of rotatable bonds is 51. The molecule has 0 amide bonds. The Morgan fingerprint density at radius 3 is 1.15 bits per heavy atom. The number of unbranched alkanes of at least 4 members (excludes halogenated alkanes) is 18. The number of carbonyl (C=O) groups is 5. The Kier molecular flexibility index (Phi) is 49.1. The van der Waals surface area contributed by atoms with Gasteiger partial charge in [0.25, 0.3) is 0 Å². The Bertz CT molecular complexity index is 1360. The van der Waals surface area contributed by atoms with Gasteiger partial charge in [-0.15, -0.1) is 23.5 Å².